The smallest absolute Gasteiger partial charge is 0.296 e. The van der Waals surface area contributed by atoms with Crippen molar-refractivity contribution in [2.45, 2.75) is 12.6 Å². The molecule has 4 aromatic carbocycles. The number of fused-ring (bicyclic) bond motifs is 1. The Bertz CT molecular complexity index is 1900. The van der Waals surface area contributed by atoms with Gasteiger partial charge in [-0.25, -0.2) is 4.98 Å². The predicted molar refractivity (Wildman–Crippen MR) is 170 cm³/mol. The quantitative estimate of drug-likeness (QED) is 0.170. The molecule has 2 heterocycles. The van der Waals surface area contributed by atoms with Gasteiger partial charge in [-0.15, -0.1) is 0 Å². The summed E-state index contributed by atoms with van der Waals surface area (Å²) in [4.78, 5) is 33.4. The van der Waals surface area contributed by atoms with E-state index >= 15 is 0 Å². The van der Waals surface area contributed by atoms with Crippen LogP contribution in [0.2, 0.25) is 0 Å². The van der Waals surface area contributed by atoms with Crippen LogP contribution in [0.1, 0.15) is 22.7 Å². The number of hydrogen-bond donors (Lipinski definition) is 1. The number of thiazole rings is 1. The summed E-state index contributed by atoms with van der Waals surface area (Å²) in [7, 11) is 3.10. The lowest BCUT2D eigenvalue weighted by Gasteiger charge is -2.25. The number of amides is 1. The third-order valence-electron chi connectivity index (χ3n) is 7.23. The van der Waals surface area contributed by atoms with Crippen LogP contribution in [0.4, 0.5) is 5.13 Å². The van der Waals surface area contributed by atoms with Crippen LogP contribution in [0.15, 0.2) is 114 Å². The van der Waals surface area contributed by atoms with Crippen LogP contribution in [-0.4, -0.2) is 36.0 Å². The molecule has 1 atom stereocenters. The second kappa shape index (κ2) is 12.4. The Kier molecular flexibility index (Phi) is 8.12. The van der Waals surface area contributed by atoms with Gasteiger partial charge in [-0.05, 0) is 53.1 Å². The van der Waals surface area contributed by atoms with E-state index in [-0.39, 0.29) is 5.57 Å². The molecule has 1 unspecified atom stereocenters. The van der Waals surface area contributed by atoms with E-state index < -0.39 is 23.5 Å². The highest BCUT2D eigenvalue weighted by atomic mass is 32.1. The van der Waals surface area contributed by atoms with Crippen LogP contribution < -0.4 is 19.1 Å². The van der Waals surface area contributed by atoms with Crippen LogP contribution in [0.3, 0.4) is 0 Å². The fourth-order valence-electron chi connectivity index (χ4n) is 5.03. The first-order valence-corrected chi connectivity index (χ1v) is 14.6. The highest BCUT2D eigenvalue weighted by Gasteiger charge is 2.45. The molecule has 1 aliphatic heterocycles. The predicted octanol–water partition coefficient (Wildman–Crippen LogP) is 7.08. The summed E-state index contributed by atoms with van der Waals surface area (Å²) in [5, 5.41) is 11.5. The number of anilines is 1. The van der Waals surface area contributed by atoms with Gasteiger partial charge in [0.25, 0.3) is 5.91 Å². The first-order valence-electron chi connectivity index (χ1n) is 13.8. The van der Waals surface area contributed by atoms with Crippen molar-refractivity contribution in [3.05, 3.63) is 131 Å². The van der Waals surface area contributed by atoms with E-state index in [0.717, 1.165) is 15.8 Å². The van der Waals surface area contributed by atoms with E-state index in [1.165, 1.54) is 29.4 Å². The molecule has 1 N–H and O–H groups in total. The van der Waals surface area contributed by atoms with Crippen LogP contribution in [-0.2, 0) is 16.2 Å². The SMILES string of the molecule is COc1ccc2nc(N3C(=O)C(O)=C(C(=O)/C=C/c4ccccc4)C3c3ccc(OCc4ccccc4)c(OC)c3)sc2c1. The molecular weight excluding hydrogens is 576 g/mol. The molecule has 5 aromatic rings. The lowest BCUT2D eigenvalue weighted by Crippen LogP contribution is -2.30. The van der Waals surface area contributed by atoms with Crippen LogP contribution in [0, 0.1) is 0 Å². The highest BCUT2D eigenvalue weighted by Crippen LogP contribution is 2.45. The number of carbonyl (C=O) groups is 2. The molecule has 0 bridgehead atoms. The molecule has 0 saturated heterocycles. The van der Waals surface area contributed by atoms with E-state index in [1.54, 1.807) is 43.5 Å². The number of carbonyl (C=O) groups excluding carboxylic acids is 2. The van der Waals surface area contributed by atoms with Crippen molar-refractivity contribution >= 4 is 44.5 Å². The van der Waals surface area contributed by atoms with Gasteiger partial charge in [0.15, 0.2) is 28.2 Å². The van der Waals surface area contributed by atoms with Crippen molar-refractivity contribution in [2.75, 3.05) is 19.1 Å². The zero-order valence-corrected chi connectivity index (χ0v) is 24.8. The number of rotatable bonds is 10. The Hall–Kier alpha value is -5.41. The molecule has 0 radical (unpaired) electrons. The molecule has 9 heteroatoms. The first kappa shape index (κ1) is 28.7. The van der Waals surface area contributed by atoms with Gasteiger partial charge in [0, 0.05) is 0 Å². The average Bonchev–Trinajstić information content (AvgIpc) is 3.60. The topological polar surface area (TPSA) is 98.2 Å². The molecule has 44 heavy (non-hydrogen) atoms. The number of methoxy groups -OCH3 is 2. The summed E-state index contributed by atoms with van der Waals surface area (Å²) in [6, 6.07) is 28.7. The number of aliphatic hydroxyl groups is 1. The van der Waals surface area contributed by atoms with Crippen molar-refractivity contribution in [2.24, 2.45) is 0 Å². The lowest BCUT2D eigenvalue weighted by atomic mass is 9.95. The summed E-state index contributed by atoms with van der Waals surface area (Å²) in [5.74, 6) is -0.293. The fourth-order valence-corrected chi connectivity index (χ4v) is 6.05. The third kappa shape index (κ3) is 5.65. The van der Waals surface area contributed by atoms with E-state index in [0.29, 0.717) is 40.1 Å². The Morgan fingerprint density at radius 2 is 1.68 bits per heavy atom. The molecule has 6 rings (SSSR count). The van der Waals surface area contributed by atoms with E-state index in [9.17, 15) is 14.7 Å². The van der Waals surface area contributed by atoms with Crippen molar-refractivity contribution in [3.8, 4) is 17.2 Å². The summed E-state index contributed by atoms with van der Waals surface area (Å²) in [6.45, 7) is 0.328. The molecule has 220 valence electrons. The molecule has 1 aromatic heterocycles. The fraction of sp³-hybridized carbons (Fsp3) is 0.114. The standard InChI is InChI=1S/C35H28N2O6S/c1-41-25-15-16-26-30(20-25)44-35(36-26)37-32(31(33(39)34(37)40)27(38)17-13-22-9-5-3-6-10-22)24-14-18-28(29(19-24)42-2)43-21-23-11-7-4-8-12-23/h3-20,32,39H,21H2,1-2H3/b17-13+. The maximum absolute atomic E-state index is 13.7. The number of ether oxygens (including phenoxy) is 3. The Morgan fingerprint density at radius 1 is 0.932 bits per heavy atom. The second-order valence-electron chi connectivity index (χ2n) is 9.96. The summed E-state index contributed by atoms with van der Waals surface area (Å²) in [5.41, 5.74) is 2.94. The monoisotopic (exact) mass is 604 g/mol. The van der Waals surface area contributed by atoms with Gasteiger partial charge in [0.05, 0.1) is 36.1 Å². The number of aromatic nitrogens is 1. The maximum Gasteiger partial charge on any atom is 0.296 e. The number of aliphatic hydroxyl groups excluding tert-OH is 1. The lowest BCUT2D eigenvalue weighted by molar-refractivity contribution is -0.117. The number of allylic oxidation sites excluding steroid dienone is 1. The van der Waals surface area contributed by atoms with E-state index in [1.807, 2.05) is 66.7 Å². The number of nitrogens with zero attached hydrogens (tertiary/aromatic N) is 2. The van der Waals surface area contributed by atoms with Crippen molar-refractivity contribution in [1.29, 1.82) is 0 Å². The normalized spacial score (nSPS) is 14.9. The van der Waals surface area contributed by atoms with Crippen LogP contribution in [0.25, 0.3) is 16.3 Å². The second-order valence-corrected chi connectivity index (χ2v) is 11.0. The van der Waals surface area contributed by atoms with Gasteiger partial charge in [-0.3, -0.25) is 14.5 Å². The van der Waals surface area contributed by atoms with E-state index in [2.05, 4.69) is 4.98 Å². The Balaban J connectivity index is 1.41. The summed E-state index contributed by atoms with van der Waals surface area (Å²) < 4.78 is 17.9. The molecule has 8 nitrogen and oxygen atoms in total. The van der Waals surface area contributed by atoms with Crippen molar-refractivity contribution in [3.63, 3.8) is 0 Å². The molecule has 0 saturated carbocycles. The van der Waals surface area contributed by atoms with Crippen LogP contribution in [0.5, 0.6) is 17.2 Å². The van der Waals surface area contributed by atoms with Gasteiger partial charge >= 0.3 is 0 Å². The number of hydrogen-bond acceptors (Lipinski definition) is 8. The number of benzene rings is 4. The minimum atomic E-state index is -0.977. The van der Waals surface area contributed by atoms with Gasteiger partial charge in [0.1, 0.15) is 12.4 Å². The maximum atomic E-state index is 13.7. The first-order chi connectivity index (χ1) is 21.5. The van der Waals surface area contributed by atoms with Crippen molar-refractivity contribution in [1.82, 2.24) is 4.98 Å². The minimum absolute atomic E-state index is 0.0565. The largest absolute Gasteiger partial charge is 0.503 e. The summed E-state index contributed by atoms with van der Waals surface area (Å²) in [6.07, 6.45) is 3.01. The average molecular weight is 605 g/mol. The van der Waals surface area contributed by atoms with Gasteiger partial charge in [-0.1, -0.05) is 84.1 Å². The summed E-state index contributed by atoms with van der Waals surface area (Å²) >= 11 is 1.26. The van der Waals surface area contributed by atoms with Gasteiger partial charge in [-0.2, -0.15) is 0 Å². The third-order valence-corrected chi connectivity index (χ3v) is 8.25. The molecule has 1 aliphatic rings. The number of ketones is 1. The Morgan fingerprint density at radius 3 is 2.41 bits per heavy atom. The van der Waals surface area contributed by atoms with Crippen molar-refractivity contribution < 1.29 is 28.9 Å². The van der Waals surface area contributed by atoms with Gasteiger partial charge in [0.2, 0.25) is 0 Å². The molecule has 0 aliphatic carbocycles. The van der Waals surface area contributed by atoms with Crippen LogP contribution >= 0.6 is 11.3 Å². The molecule has 0 fully saturated rings. The molecular formula is C35H28N2O6S. The van der Waals surface area contributed by atoms with Gasteiger partial charge < -0.3 is 19.3 Å². The van der Waals surface area contributed by atoms with E-state index in [4.69, 9.17) is 14.2 Å². The minimum Gasteiger partial charge on any atom is -0.503 e. The molecule has 0 spiro atoms. The zero-order valence-electron chi connectivity index (χ0n) is 24.0. The Labute approximate surface area is 258 Å². The zero-order chi connectivity index (χ0) is 30.6. The highest BCUT2D eigenvalue weighted by molar-refractivity contribution is 7.22. The molecule has 1 amide bonds.